The van der Waals surface area contributed by atoms with Gasteiger partial charge in [-0.05, 0) is 55.5 Å². The minimum absolute atomic E-state index is 0.00779. The molecule has 1 fully saturated rings. The van der Waals surface area contributed by atoms with E-state index in [4.69, 9.17) is 0 Å². The molecule has 1 aliphatic heterocycles. The molecule has 0 bridgehead atoms. The molecule has 2 aromatic carbocycles. The zero-order valence-electron chi connectivity index (χ0n) is 18.0. The number of fused-ring (bicyclic) bond motifs is 1. The number of carbonyl (C=O) groups is 2. The Labute approximate surface area is 179 Å². The topological polar surface area (TPSA) is 49.7 Å². The van der Waals surface area contributed by atoms with Crippen molar-refractivity contribution in [3.05, 3.63) is 70.3 Å². The number of ketones is 1. The van der Waals surface area contributed by atoms with Gasteiger partial charge in [-0.15, -0.1) is 0 Å². The zero-order chi connectivity index (χ0) is 21.1. The Bertz CT molecular complexity index is 961. The van der Waals surface area contributed by atoms with Crippen molar-refractivity contribution in [3.63, 3.8) is 0 Å². The van der Waals surface area contributed by atoms with Crippen molar-refractivity contribution in [1.29, 1.82) is 0 Å². The number of amides is 1. The molecule has 1 saturated carbocycles. The van der Waals surface area contributed by atoms with E-state index in [0.717, 1.165) is 36.8 Å². The Morgan fingerprint density at radius 2 is 1.67 bits per heavy atom. The van der Waals surface area contributed by atoms with Crippen LogP contribution in [0.25, 0.3) is 0 Å². The largest absolute Gasteiger partial charge is 0.330 e. The fourth-order valence-electron chi connectivity index (χ4n) is 4.68. The van der Waals surface area contributed by atoms with Crippen molar-refractivity contribution in [2.75, 3.05) is 6.54 Å². The third-order valence-electron chi connectivity index (χ3n) is 6.39. The van der Waals surface area contributed by atoms with E-state index < -0.39 is 0 Å². The predicted octanol–water partition coefficient (Wildman–Crippen LogP) is 5.11. The van der Waals surface area contributed by atoms with Gasteiger partial charge in [-0.1, -0.05) is 49.6 Å². The van der Waals surface area contributed by atoms with Gasteiger partial charge < -0.3 is 4.90 Å². The van der Waals surface area contributed by atoms with Crippen molar-refractivity contribution < 1.29 is 9.59 Å². The van der Waals surface area contributed by atoms with Gasteiger partial charge in [0.25, 0.3) is 5.91 Å². The van der Waals surface area contributed by atoms with E-state index in [-0.39, 0.29) is 17.6 Å². The van der Waals surface area contributed by atoms with E-state index in [1.165, 1.54) is 17.5 Å². The van der Waals surface area contributed by atoms with Crippen LogP contribution < -0.4 is 0 Å². The van der Waals surface area contributed by atoms with Crippen LogP contribution in [0.5, 0.6) is 0 Å². The number of hydrogen-bond donors (Lipinski definition) is 0. The van der Waals surface area contributed by atoms with Gasteiger partial charge >= 0.3 is 0 Å². The van der Waals surface area contributed by atoms with Crippen LogP contribution in [0.4, 0.5) is 0 Å². The average Bonchev–Trinajstić information content (AvgIpc) is 3.22. The highest BCUT2D eigenvalue weighted by atomic mass is 16.2. The summed E-state index contributed by atoms with van der Waals surface area (Å²) in [6.45, 7) is 5.78. The van der Waals surface area contributed by atoms with Crippen molar-refractivity contribution in [3.8, 4) is 0 Å². The highest BCUT2D eigenvalue weighted by Crippen LogP contribution is 2.28. The molecule has 4 nitrogen and oxygen atoms in total. The fraction of sp³-hybridized carbons (Fsp3) is 0.423. The molecule has 0 unspecified atom stereocenters. The van der Waals surface area contributed by atoms with Crippen molar-refractivity contribution in [2.45, 2.75) is 59.0 Å². The third kappa shape index (κ3) is 4.09. The first kappa shape index (κ1) is 20.5. The summed E-state index contributed by atoms with van der Waals surface area (Å²) in [5, 5.41) is 0. The number of hydrogen-bond acceptors (Lipinski definition) is 3. The monoisotopic (exact) mass is 402 g/mol. The van der Waals surface area contributed by atoms with Crippen molar-refractivity contribution >= 4 is 17.4 Å². The molecule has 0 atom stereocenters. The molecule has 4 rings (SSSR count). The first-order chi connectivity index (χ1) is 14.6. The van der Waals surface area contributed by atoms with E-state index in [0.29, 0.717) is 30.9 Å². The van der Waals surface area contributed by atoms with Gasteiger partial charge in [0, 0.05) is 36.7 Å². The number of Topliss-reactive ketones (excluding diaryl/α,β-unsaturated/α-hetero) is 1. The average molecular weight is 403 g/mol. The fourth-order valence-corrected chi connectivity index (χ4v) is 4.68. The minimum Gasteiger partial charge on any atom is -0.330 e. The molecule has 1 heterocycles. The van der Waals surface area contributed by atoms with Gasteiger partial charge in [0.15, 0.2) is 5.78 Å². The van der Waals surface area contributed by atoms with Crippen LogP contribution in [0, 0.1) is 12.8 Å². The summed E-state index contributed by atoms with van der Waals surface area (Å²) in [4.78, 5) is 33.0. The lowest BCUT2D eigenvalue weighted by molar-refractivity contribution is -0.117. The molecule has 0 aromatic heterocycles. The Morgan fingerprint density at radius 3 is 2.30 bits per heavy atom. The Kier molecular flexibility index (Phi) is 6.12. The summed E-state index contributed by atoms with van der Waals surface area (Å²) in [7, 11) is 0. The van der Waals surface area contributed by atoms with Gasteiger partial charge in [-0.2, -0.15) is 0 Å². The smallest absolute Gasteiger partial charge is 0.254 e. The van der Waals surface area contributed by atoms with Crippen LogP contribution in [0.15, 0.2) is 47.5 Å². The van der Waals surface area contributed by atoms with E-state index in [1.54, 1.807) is 0 Å². The number of aliphatic imine (C=N–C) groups is 1. The lowest BCUT2D eigenvalue weighted by Crippen LogP contribution is -2.29. The molecular weight excluding hydrogens is 372 g/mol. The molecule has 0 saturated heterocycles. The summed E-state index contributed by atoms with van der Waals surface area (Å²) in [6.07, 6.45) is 5.34. The molecular formula is C26H30N2O2. The second-order valence-corrected chi connectivity index (χ2v) is 8.48. The third-order valence-corrected chi connectivity index (χ3v) is 6.39. The van der Waals surface area contributed by atoms with Gasteiger partial charge in [-0.25, -0.2) is 0 Å². The molecule has 2 aromatic rings. The van der Waals surface area contributed by atoms with Gasteiger partial charge in [0.05, 0.1) is 0 Å². The van der Waals surface area contributed by atoms with Gasteiger partial charge in [-0.3, -0.25) is 14.6 Å². The summed E-state index contributed by atoms with van der Waals surface area (Å²) < 4.78 is 0. The van der Waals surface area contributed by atoms with Crippen molar-refractivity contribution in [2.24, 2.45) is 10.9 Å². The Hall–Kier alpha value is -2.75. The van der Waals surface area contributed by atoms with E-state index in [1.807, 2.05) is 49.1 Å². The predicted molar refractivity (Wildman–Crippen MR) is 120 cm³/mol. The Morgan fingerprint density at radius 1 is 1.00 bits per heavy atom. The van der Waals surface area contributed by atoms with Gasteiger partial charge in [0.2, 0.25) is 0 Å². The first-order valence-electron chi connectivity index (χ1n) is 11.1. The normalized spacial score (nSPS) is 17.1. The van der Waals surface area contributed by atoms with Crippen LogP contribution in [-0.2, 0) is 17.9 Å². The maximum atomic E-state index is 13.3. The summed E-state index contributed by atoms with van der Waals surface area (Å²) >= 11 is 0. The molecule has 0 spiro atoms. The molecule has 156 valence electrons. The lowest BCUT2D eigenvalue weighted by Gasteiger charge is -2.22. The van der Waals surface area contributed by atoms with Crippen LogP contribution in [0.1, 0.15) is 71.6 Å². The highest BCUT2D eigenvalue weighted by Gasteiger charge is 2.28. The SMILES string of the molecule is CCN=C(C(=O)C1CCCCC1)c1cc(C(=O)N2Cc3ccccc3C2)ccc1C. The molecule has 0 N–H and O–H groups in total. The summed E-state index contributed by atoms with van der Waals surface area (Å²) in [5.41, 5.74) is 5.41. The molecule has 2 aliphatic rings. The van der Waals surface area contributed by atoms with E-state index in [9.17, 15) is 9.59 Å². The minimum atomic E-state index is 0.00779. The van der Waals surface area contributed by atoms with Crippen LogP contribution in [0.2, 0.25) is 0 Å². The zero-order valence-corrected chi connectivity index (χ0v) is 18.0. The second-order valence-electron chi connectivity index (χ2n) is 8.48. The lowest BCUT2D eigenvalue weighted by atomic mass is 9.82. The maximum absolute atomic E-state index is 13.3. The maximum Gasteiger partial charge on any atom is 0.254 e. The Balaban J connectivity index is 1.61. The summed E-state index contributed by atoms with van der Waals surface area (Å²) in [6, 6.07) is 13.9. The van der Waals surface area contributed by atoms with Gasteiger partial charge in [0.1, 0.15) is 5.71 Å². The quantitative estimate of drug-likeness (QED) is 0.653. The number of carbonyl (C=O) groups excluding carboxylic acids is 2. The molecule has 4 heteroatoms. The van der Waals surface area contributed by atoms with E-state index >= 15 is 0 Å². The molecule has 1 amide bonds. The molecule has 30 heavy (non-hydrogen) atoms. The number of rotatable bonds is 5. The van der Waals surface area contributed by atoms with Crippen molar-refractivity contribution in [1.82, 2.24) is 4.90 Å². The van der Waals surface area contributed by atoms with Crippen LogP contribution in [0.3, 0.4) is 0 Å². The number of nitrogens with zero attached hydrogens (tertiary/aromatic N) is 2. The highest BCUT2D eigenvalue weighted by molar-refractivity contribution is 6.47. The summed E-state index contributed by atoms with van der Waals surface area (Å²) in [5.74, 6) is 0.224. The molecule has 0 radical (unpaired) electrons. The van der Waals surface area contributed by atoms with E-state index in [2.05, 4.69) is 17.1 Å². The first-order valence-corrected chi connectivity index (χ1v) is 11.1. The molecule has 1 aliphatic carbocycles. The number of benzene rings is 2. The number of aryl methyl sites for hydroxylation is 1. The van der Waals surface area contributed by atoms with Crippen LogP contribution in [-0.4, -0.2) is 28.8 Å². The van der Waals surface area contributed by atoms with Crippen LogP contribution >= 0.6 is 0 Å². The standard InChI is InChI=1S/C26H30N2O2/c1-3-27-24(25(29)19-9-5-4-6-10-19)23-15-20(14-13-18(23)2)26(30)28-16-21-11-7-8-12-22(21)17-28/h7-8,11-15,19H,3-6,9-10,16-17H2,1-2H3. The second kappa shape index (κ2) is 8.95.